The standard InChI is InChI=1S/C42H24N4/c1-2-11-26(12-3-1)38-42(44-34-18-7-6-17-33(34)43-38)46-36-20-9-5-14-28(36)31-23-21-25-22-24-32-30-16-10-15-29-27-13-4-8-19-35(27)45(39(29)30)40(32)37(25)41(31)46/h1-24H. The smallest absolute Gasteiger partial charge is 0.165 e. The second-order valence-electron chi connectivity index (χ2n) is 12.2. The van der Waals surface area contributed by atoms with Crippen LogP contribution < -0.4 is 0 Å². The van der Waals surface area contributed by atoms with Crippen molar-refractivity contribution in [2.45, 2.75) is 0 Å². The van der Waals surface area contributed by atoms with Crippen LogP contribution in [0.3, 0.4) is 0 Å². The van der Waals surface area contributed by atoms with Crippen LogP contribution in [0.2, 0.25) is 0 Å². The predicted octanol–water partition coefficient (Wildman–Crippen LogP) is 10.7. The molecule has 0 aliphatic rings. The van der Waals surface area contributed by atoms with Crippen LogP contribution >= 0.6 is 0 Å². The van der Waals surface area contributed by atoms with Gasteiger partial charge in [0.25, 0.3) is 0 Å². The van der Waals surface area contributed by atoms with Gasteiger partial charge in [-0.3, -0.25) is 4.57 Å². The maximum Gasteiger partial charge on any atom is 0.165 e. The number of rotatable bonds is 2. The number of benzene rings is 7. The zero-order chi connectivity index (χ0) is 29.9. The number of fused-ring (bicyclic) bond motifs is 13. The van der Waals surface area contributed by atoms with Crippen LogP contribution in [0.5, 0.6) is 0 Å². The Morgan fingerprint density at radius 3 is 1.74 bits per heavy atom. The molecule has 0 saturated heterocycles. The molecule has 0 fully saturated rings. The van der Waals surface area contributed by atoms with Gasteiger partial charge >= 0.3 is 0 Å². The highest BCUT2D eigenvalue weighted by atomic mass is 15.1. The summed E-state index contributed by atoms with van der Waals surface area (Å²) in [4.78, 5) is 10.7. The molecule has 4 nitrogen and oxygen atoms in total. The van der Waals surface area contributed by atoms with Gasteiger partial charge < -0.3 is 4.40 Å². The number of para-hydroxylation sites is 5. The lowest BCUT2D eigenvalue weighted by molar-refractivity contribution is 1.08. The SMILES string of the molecule is c1ccc(-c2nc3ccccc3nc2-n2c3ccccc3c3ccc4ccc5c6cccc7c8ccccc8n(c76)c5c4c32)cc1. The molecule has 11 rings (SSSR count). The maximum atomic E-state index is 5.41. The molecule has 0 bridgehead atoms. The summed E-state index contributed by atoms with van der Waals surface area (Å²) in [7, 11) is 0. The highest BCUT2D eigenvalue weighted by Gasteiger charge is 2.24. The number of nitrogens with zero attached hydrogens (tertiary/aromatic N) is 4. The molecular formula is C42H24N4. The Labute approximate surface area is 262 Å². The molecule has 0 radical (unpaired) electrons. The third kappa shape index (κ3) is 2.98. The summed E-state index contributed by atoms with van der Waals surface area (Å²) in [6.45, 7) is 0. The molecule has 4 aromatic heterocycles. The molecule has 4 heterocycles. The van der Waals surface area contributed by atoms with Gasteiger partial charge in [0.05, 0.1) is 38.6 Å². The minimum atomic E-state index is 0.833. The van der Waals surface area contributed by atoms with Gasteiger partial charge in [0.1, 0.15) is 5.69 Å². The molecule has 11 aromatic rings. The summed E-state index contributed by atoms with van der Waals surface area (Å²) in [6, 6.07) is 52.0. The Morgan fingerprint density at radius 2 is 0.957 bits per heavy atom. The fraction of sp³-hybridized carbons (Fsp3) is 0. The molecule has 0 saturated carbocycles. The Bertz CT molecular complexity index is 3020. The minimum Gasteiger partial charge on any atom is -0.307 e. The average Bonchev–Trinajstić information content (AvgIpc) is 3.76. The summed E-state index contributed by atoms with van der Waals surface area (Å²) in [5.74, 6) is 0.833. The lowest BCUT2D eigenvalue weighted by Crippen LogP contribution is -2.04. The van der Waals surface area contributed by atoms with E-state index in [0.29, 0.717) is 0 Å². The Balaban J connectivity index is 1.43. The summed E-state index contributed by atoms with van der Waals surface area (Å²) >= 11 is 0. The zero-order valence-electron chi connectivity index (χ0n) is 24.6. The zero-order valence-corrected chi connectivity index (χ0v) is 24.6. The van der Waals surface area contributed by atoms with E-state index in [1.165, 1.54) is 59.6 Å². The van der Waals surface area contributed by atoms with Crippen molar-refractivity contribution in [1.82, 2.24) is 18.9 Å². The van der Waals surface area contributed by atoms with E-state index in [1.807, 2.05) is 18.2 Å². The Morgan fingerprint density at radius 1 is 0.391 bits per heavy atom. The van der Waals surface area contributed by atoms with E-state index in [-0.39, 0.29) is 0 Å². The third-order valence-electron chi connectivity index (χ3n) is 9.81. The molecule has 0 spiro atoms. The molecule has 0 N–H and O–H groups in total. The second-order valence-corrected chi connectivity index (χ2v) is 12.2. The minimum absolute atomic E-state index is 0.833. The van der Waals surface area contributed by atoms with E-state index in [1.54, 1.807) is 0 Å². The molecule has 0 aliphatic heterocycles. The molecule has 46 heavy (non-hydrogen) atoms. The van der Waals surface area contributed by atoms with Gasteiger partial charge in [0.2, 0.25) is 0 Å². The number of hydrogen-bond donors (Lipinski definition) is 0. The third-order valence-corrected chi connectivity index (χ3v) is 9.81. The van der Waals surface area contributed by atoms with Gasteiger partial charge in [-0.1, -0.05) is 121 Å². The van der Waals surface area contributed by atoms with Crippen LogP contribution in [-0.2, 0) is 0 Å². The molecule has 0 aliphatic carbocycles. The van der Waals surface area contributed by atoms with Crippen molar-refractivity contribution in [2.75, 3.05) is 0 Å². The molecule has 4 heteroatoms. The van der Waals surface area contributed by atoms with Crippen LogP contribution in [-0.4, -0.2) is 18.9 Å². The highest BCUT2D eigenvalue weighted by molar-refractivity contribution is 6.32. The summed E-state index contributed by atoms with van der Waals surface area (Å²) in [6.07, 6.45) is 0. The first-order valence-electron chi connectivity index (χ1n) is 15.7. The van der Waals surface area contributed by atoms with Crippen LogP contribution in [0.1, 0.15) is 0 Å². The van der Waals surface area contributed by atoms with Gasteiger partial charge in [0, 0.05) is 43.3 Å². The van der Waals surface area contributed by atoms with Crippen LogP contribution in [0.4, 0.5) is 0 Å². The van der Waals surface area contributed by atoms with Crippen molar-refractivity contribution in [3.05, 3.63) is 146 Å². The lowest BCUT2D eigenvalue weighted by atomic mass is 10.0. The van der Waals surface area contributed by atoms with Crippen molar-refractivity contribution in [2.24, 2.45) is 0 Å². The van der Waals surface area contributed by atoms with Crippen molar-refractivity contribution in [3.63, 3.8) is 0 Å². The maximum absolute atomic E-state index is 5.41. The van der Waals surface area contributed by atoms with Crippen molar-refractivity contribution >= 4 is 81.7 Å². The van der Waals surface area contributed by atoms with Crippen LogP contribution in [0.25, 0.3) is 98.8 Å². The molecule has 212 valence electrons. The van der Waals surface area contributed by atoms with Crippen molar-refractivity contribution < 1.29 is 0 Å². The lowest BCUT2D eigenvalue weighted by Gasteiger charge is -2.15. The van der Waals surface area contributed by atoms with Gasteiger partial charge in [-0.25, -0.2) is 9.97 Å². The highest BCUT2D eigenvalue weighted by Crippen LogP contribution is 2.45. The van der Waals surface area contributed by atoms with E-state index in [9.17, 15) is 0 Å². The summed E-state index contributed by atoms with van der Waals surface area (Å²) < 4.78 is 4.88. The fourth-order valence-corrected chi connectivity index (χ4v) is 7.92. The van der Waals surface area contributed by atoms with Gasteiger partial charge in [-0.2, -0.15) is 0 Å². The summed E-state index contributed by atoms with van der Waals surface area (Å²) in [5.41, 5.74) is 9.66. The summed E-state index contributed by atoms with van der Waals surface area (Å²) in [5, 5.41) is 9.93. The van der Waals surface area contributed by atoms with Crippen molar-refractivity contribution in [1.29, 1.82) is 0 Å². The first kappa shape index (κ1) is 24.1. The molecule has 0 amide bonds. The molecular weight excluding hydrogens is 560 g/mol. The Kier molecular flexibility index (Phi) is 4.55. The van der Waals surface area contributed by atoms with Gasteiger partial charge in [0.15, 0.2) is 5.82 Å². The quantitative estimate of drug-likeness (QED) is 0.203. The van der Waals surface area contributed by atoms with Gasteiger partial charge in [-0.05, 0) is 29.7 Å². The average molecular weight is 585 g/mol. The monoisotopic (exact) mass is 584 g/mol. The number of aromatic nitrogens is 4. The predicted molar refractivity (Wildman–Crippen MR) is 191 cm³/mol. The fourth-order valence-electron chi connectivity index (χ4n) is 7.92. The molecule has 0 atom stereocenters. The van der Waals surface area contributed by atoms with E-state index < -0.39 is 0 Å². The first-order valence-corrected chi connectivity index (χ1v) is 15.7. The van der Waals surface area contributed by atoms with E-state index >= 15 is 0 Å². The van der Waals surface area contributed by atoms with E-state index in [2.05, 4.69) is 136 Å². The topological polar surface area (TPSA) is 35.1 Å². The van der Waals surface area contributed by atoms with E-state index in [0.717, 1.165) is 39.1 Å². The molecule has 7 aromatic carbocycles. The number of hydrogen-bond acceptors (Lipinski definition) is 2. The second kappa shape index (κ2) is 8.68. The Hall–Kier alpha value is -6.26. The first-order chi connectivity index (χ1) is 22.8. The van der Waals surface area contributed by atoms with Crippen LogP contribution in [0, 0.1) is 0 Å². The van der Waals surface area contributed by atoms with E-state index in [4.69, 9.17) is 9.97 Å². The largest absolute Gasteiger partial charge is 0.307 e. The van der Waals surface area contributed by atoms with Gasteiger partial charge in [-0.15, -0.1) is 0 Å². The van der Waals surface area contributed by atoms with Crippen molar-refractivity contribution in [3.8, 4) is 17.1 Å². The van der Waals surface area contributed by atoms with Crippen LogP contribution in [0.15, 0.2) is 146 Å². The normalized spacial score (nSPS) is 12.3. The molecule has 0 unspecified atom stereocenters.